The second-order valence-electron chi connectivity index (χ2n) is 17.8. The number of aromatic nitrogens is 6. The molecule has 0 spiro atoms. The number of fused-ring (bicyclic) bond motifs is 4. The number of aryl methyl sites for hydroxylation is 2. The molecule has 352 valence electrons. The van der Waals surface area contributed by atoms with Crippen LogP contribution in [0.3, 0.4) is 0 Å². The number of nitrogens with zero attached hydrogens (tertiary/aromatic N) is 8. The summed E-state index contributed by atoms with van der Waals surface area (Å²) in [6.45, 7) is 14.5. The van der Waals surface area contributed by atoms with Gasteiger partial charge in [-0.3, -0.25) is 19.2 Å². The Morgan fingerprint density at radius 1 is 0.672 bits per heavy atom. The first-order valence-corrected chi connectivity index (χ1v) is 23.4. The molecule has 2 aliphatic heterocycles. The highest BCUT2D eigenvalue weighted by atomic mass is 35.5. The molecular formula is C50H57ClN8O8. The first-order chi connectivity index (χ1) is 32.2. The molecule has 2 aliphatic carbocycles. The number of carbonyl (C=O) groups excluding carboxylic acids is 2. The number of hydrogen-bond acceptors (Lipinski definition) is 12. The van der Waals surface area contributed by atoms with Crippen LogP contribution in [0.25, 0.3) is 22.1 Å². The average molecular weight is 934 g/mol. The van der Waals surface area contributed by atoms with Crippen molar-refractivity contribution < 1.29 is 28.9 Å². The van der Waals surface area contributed by atoms with Gasteiger partial charge in [-0.15, -0.1) is 20.4 Å². The van der Waals surface area contributed by atoms with Gasteiger partial charge in [0, 0.05) is 57.5 Å². The van der Waals surface area contributed by atoms with Crippen LogP contribution in [0.2, 0.25) is 5.15 Å². The molecule has 4 aromatic heterocycles. The number of pyridine rings is 2. The highest BCUT2D eigenvalue weighted by Gasteiger charge is 2.32. The monoisotopic (exact) mass is 932 g/mol. The average Bonchev–Trinajstić information content (AvgIpc) is 3.93. The van der Waals surface area contributed by atoms with E-state index >= 15 is 0 Å². The van der Waals surface area contributed by atoms with E-state index in [0.717, 1.165) is 25.7 Å². The van der Waals surface area contributed by atoms with Gasteiger partial charge in [0.15, 0.2) is 16.4 Å². The third-order valence-corrected chi connectivity index (χ3v) is 13.0. The molecule has 2 amide bonds. The fourth-order valence-corrected chi connectivity index (χ4v) is 9.31. The first-order valence-electron chi connectivity index (χ1n) is 23.0. The molecule has 0 unspecified atom stereocenters. The fourth-order valence-electron chi connectivity index (χ4n) is 9.16. The van der Waals surface area contributed by atoms with Crippen molar-refractivity contribution in [3.63, 3.8) is 0 Å². The van der Waals surface area contributed by atoms with Crippen molar-refractivity contribution in [3.8, 4) is 5.88 Å². The fraction of sp³-hybridized carbons (Fsp3) is 0.440. The zero-order valence-corrected chi connectivity index (χ0v) is 39.5. The van der Waals surface area contributed by atoms with Gasteiger partial charge in [0.2, 0.25) is 16.7 Å². The van der Waals surface area contributed by atoms with Gasteiger partial charge in [-0.05, 0) is 82.7 Å². The molecule has 4 aliphatic rings. The lowest BCUT2D eigenvalue weighted by Gasteiger charge is -2.36. The van der Waals surface area contributed by atoms with Crippen molar-refractivity contribution in [2.24, 2.45) is 0 Å². The summed E-state index contributed by atoms with van der Waals surface area (Å²) in [5.41, 5.74) is 5.58. The molecule has 2 aromatic carbocycles. The van der Waals surface area contributed by atoms with E-state index in [1.807, 2.05) is 65.8 Å². The van der Waals surface area contributed by atoms with E-state index in [1.54, 1.807) is 37.4 Å². The maximum Gasteiger partial charge on any atom is 0.259 e. The Morgan fingerprint density at radius 2 is 1.10 bits per heavy atom. The topological polar surface area (TPSA) is 184 Å². The van der Waals surface area contributed by atoms with E-state index in [4.69, 9.17) is 25.8 Å². The lowest BCUT2D eigenvalue weighted by Crippen LogP contribution is -2.51. The molecule has 2 fully saturated rings. The number of benzene rings is 2. The van der Waals surface area contributed by atoms with Gasteiger partial charge < -0.3 is 38.3 Å². The lowest BCUT2D eigenvalue weighted by molar-refractivity contribution is -0.0387. The van der Waals surface area contributed by atoms with Crippen LogP contribution in [0, 0.1) is 0 Å². The molecule has 1 N–H and O–H groups in total. The summed E-state index contributed by atoms with van der Waals surface area (Å²) < 4.78 is 20.8. The van der Waals surface area contributed by atoms with Crippen molar-refractivity contribution in [2.75, 3.05) is 26.3 Å². The van der Waals surface area contributed by atoms with E-state index in [1.165, 1.54) is 28.3 Å². The van der Waals surface area contributed by atoms with Gasteiger partial charge in [0.25, 0.3) is 11.8 Å². The lowest BCUT2D eigenvalue weighted by atomic mass is 10.1. The van der Waals surface area contributed by atoms with E-state index in [0.29, 0.717) is 67.3 Å². The normalized spacial score (nSPS) is 20.4. The van der Waals surface area contributed by atoms with E-state index in [9.17, 15) is 24.3 Å². The minimum atomic E-state index is -0.372. The van der Waals surface area contributed by atoms with E-state index in [-0.39, 0.29) is 75.5 Å². The number of halogens is 1. The van der Waals surface area contributed by atoms with Crippen molar-refractivity contribution in [1.29, 1.82) is 0 Å². The number of ether oxygens (including phenoxy) is 3. The molecule has 0 bridgehead atoms. The predicted molar refractivity (Wildman–Crippen MR) is 254 cm³/mol. The number of aliphatic hydroxyl groups excluding tert-OH is 1. The number of carbonyl (C=O) groups is 2. The molecule has 4 atom stereocenters. The summed E-state index contributed by atoms with van der Waals surface area (Å²) in [7, 11) is 0. The quantitative estimate of drug-likeness (QED) is 0.223. The Balaban J connectivity index is 0.000000155. The highest BCUT2D eigenvalue weighted by molar-refractivity contribution is 6.29. The van der Waals surface area contributed by atoms with Crippen LogP contribution >= 0.6 is 11.6 Å². The van der Waals surface area contributed by atoms with Crippen LogP contribution in [0.1, 0.15) is 84.5 Å². The summed E-state index contributed by atoms with van der Waals surface area (Å²) in [4.78, 5) is 56.0. The Bertz CT molecular complexity index is 2870. The third kappa shape index (κ3) is 10.3. The number of rotatable bonds is 6. The highest BCUT2D eigenvalue weighted by Crippen LogP contribution is 2.26. The molecule has 0 saturated carbocycles. The summed E-state index contributed by atoms with van der Waals surface area (Å²) >= 11 is 5.88. The zero-order valence-electron chi connectivity index (χ0n) is 38.7. The van der Waals surface area contributed by atoms with Gasteiger partial charge in [0.05, 0.1) is 54.4 Å². The van der Waals surface area contributed by atoms with Gasteiger partial charge in [0.1, 0.15) is 17.2 Å². The van der Waals surface area contributed by atoms with Crippen molar-refractivity contribution in [2.45, 2.75) is 117 Å². The standard InChI is InChI=1S/C25H28N4O4.C16H19ClN4O3.C9H10O/c1-4-28-13-21(25(31)29-12-16(3)32-14-15(29)2)23(30)20-11-22(26-27-24(20)28)33-19-9-17-7-5-6-8-18(17)10-19;1-4-20-7-12(14(22)11-5-13(17)18-19-15(11)20)16(23)21-6-10(3)24-8-9(21)2;10-9-5-7-3-1-2-4-8(7)6-9/h5-8,11,13,15-16,19H,4,9-10,12,14H2,1-3H3;5,7,9-10H,4,6,8H2,1-3H3;1-4,9-10H,5-6H2/t15-,16-;9-,10-;/m11./s1. The van der Waals surface area contributed by atoms with Crippen LogP contribution in [-0.4, -0.2) is 119 Å². The van der Waals surface area contributed by atoms with Crippen LogP contribution < -0.4 is 15.6 Å². The number of aliphatic hydroxyl groups is 1. The maximum absolute atomic E-state index is 13.4. The Hall–Kier alpha value is -6.07. The zero-order chi connectivity index (χ0) is 47.5. The molecule has 17 heteroatoms. The summed E-state index contributed by atoms with van der Waals surface area (Å²) in [6.07, 6.45) is 6.12. The number of hydrogen-bond donors (Lipinski definition) is 1. The smallest absolute Gasteiger partial charge is 0.259 e. The summed E-state index contributed by atoms with van der Waals surface area (Å²) in [6, 6.07) is 19.4. The van der Waals surface area contributed by atoms with Gasteiger partial charge in [-0.1, -0.05) is 60.1 Å². The SMILES string of the molecule is CCn1cc(C(=O)N2C[C@@H](C)OC[C@H]2C)c(=O)c2cc(Cl)nnc21.CCn1cc(C(=O)N2C[C@@H](C)OC[C@H]2C)c(=O)c2cc(OC3Cc4ccccc4C3)nnc21.OC1Cc2ccccc2C1. The molecule has 6 aromatic rings. The Kier molecular flexibility index (Phi) is 14.5. The molecule has 0 radical (unpaired) electrons. The molecule has 67 heavy (non-hydrogen) atoms. The minimum Gasteiger partial charge on any atom is -0.473 e. The molecular weight excluding hydrogens is 876 g/mol. The Labute approximate surface area is 393 Å². The largest absolute Gasteiger partial charge is 0.473 e. The number of amides is 2. The van der Waals surface area contributed by atoms with Gasteiger partial charge in [-0.25, -0.2) is 0 Å². The first kappa shape index (κ1) is 47.4. The second kappa shape index (κ2) is 20.4. The van der Waals surface area contributed by atoms with Crippen molar-refractivity contribution in [1.82, 2.24) is 39.3 Å². The van der Waals surface area contributed by atoms with Crippen LogP contribution in [0.5, 0.6) is 5.88 Å². The second-order valence-corrected chi connectivity index (χ2v) is 18.2. The summed E-state index contributed by atoms with van der Waals surface area (Å²) in [5.74, 6) is -0.269. The summed E-state index contributed by atoms with van der Waals surface area (Å²) in [5, 5.41) is 26.3. The van der Waals surface area contributed by atoms with Crippen molar-refractivity contribution in [3.05, 3.63) is 132 Å². The third-order valence-electron chi connectivity index (χ3n) is 12.8. The van der Waals surface area contributed by atoms with Crippen molar-refractivity contribution >= 4 is 45.5 Å². The molecule has 2 saturated heterocycles. The molecule has 6 heterocycles. The maximum atomic E-state index is 13.4. The van der Waals surface area contributed by atoms with Gasteiger partial charge in [-0.2, -0.15) is 0 Å². The predicted octanol–water partition coefficient (Wildman–Crippen LogP) is 5.47. The van der Waals surface area contributed by atoms with E-state index in [2.05, 4.69) is 44.7 Å². The Morgan fingerprint density at radius 3 is 1.57 bits per heavy atom. The minimum absolute atomic E-state index is 0.0527. The van der Waals surface area contributed by atoms with Gasteiger partial charge >= 0.3 is 0 Å². The van der Waals surface area contributed by atoms with E-state index < -0.39 is 0 Å². The number of morpholine rings is 2. The van der Waals surface area contributed by atoms with Crippen LogP contribution in [0.15, 0.2) is 82.6 Å². The van der Waals surface area contributed by atoms with Crippen LogP contribution in [0.4, 0.5) is 0 Å². The van der Waals surface area contributed by atoms with Crippen LogP contribution in [-0.2, 0) is 48.2 Å². The molecule has 16 nitrogen and oxygen atoms in total. The molecule has 10 rings (SSSR count).